The minimum atomic E-state index is -0.720. The van der Waals surface area contributed by atoms with Crippen molar-refractivity contribution in [1.29, 1.82) is 0 Å². The number of hydrogen-bond acceptors (Lipinski definition) is 10. The highest BCUT2D eigenvalue weighted by atomic mass is 16.6. The fraction of sp³-hybridized carbons (Fsp3) is 0.0952. The van der Waals surface area contributed by atoms with Crippen molar-refractivity contribution in [3.63, 3.8) is 0 Å². The van der Waals surface area contributed by atoms with Gasteiger partial charge in [0.05, 0.1) is 28.0 Å². The van der Waals surface area contributed by atoms with Gasteiger partial charge in [-0.15, -0.1) is 5.10 Å². The molecule has 2 aromatic heterocycles. The van der Waals surface area contributed by atoms with Crippen LogP contribution in [0.2, 0.25) is 0 Å². The van der Waals surface area contributed by atoms with E-state index in [1.54, 1.807) is 48.7 Å². The number of rotatable bonds is 9. The third kappa shape index (κ3) is 4.49. The van der Waals surface area contributed by atoms with Gasteiger partial charge in [0.25, 0.3) is 17.3 Å². The fourth-order valence-corrected chi connectivity index (χ4v) is 3.27. The van der Waals surface area contributed by atoms with Crippen molar-refractivity contribution in [3.8, 4) is 5.88 Å². The Hall–Kier alpha value is -4.91. The van der Waals surface area contributed by atoms with E-state index >= 15 is 0 Å². The Balaban J connectivity index is 1.83. The topological polar surface area (TPSA) is 183 Å². The molecule has 0 aliphatic rings. The number of aromatic nitrogens is 2. The van der Waals surface area contributed by atoms with E-state index < -0.39 is 21.2 Å². The van der Waals surface area contributed by atoms with Gasteiger partial charge in [0.15, 0.2) is 0 Å². The van der Waals surface area contributed by atoms with E-state index in [0.29, 0.717) is 22.6 Å². The molecule has 13 nitrogen and oxygen atoms in total. The molecule has 174 valence electrons. The van der Waals surface area contributed by atoms with Crippen LogP contribution in [0.5, 0.6) is 5.88 Å². The molecule has 0 aliphatic heterocycles. The maximum atomic E-state index is 11.8. The Labute approximate surface area is 191 Å². The minimum absolute atomic E-state index is 0.0252. The van der Waals surface area contributed by atoms with Crippen LogP contribution in [-0.2, 0) is 0 Å². The lowest BCUT2D eigenvalue weighted by atomic mass is 10.1. The quantitative estimate of drug-likeness (QED) is 0.162. The second-order valence-corrected chi connectivity index (χ2v) is 7.06. The second kappa shape index (κ2) is 9.30. The summed E-state index contributed by atoms with van der Waals surface area (Å²) in [5, 5.41) is 42.7. The van der Waals surface area contributed by atoms with E-state index in [4.69, 9.17) is 15.6 Å². The van der Waals surface area contributed by atoms with Crippen LogP contribution >= 0.6 is 0 Å². The molecule has 34 heavy (non-hydrogen) atoms. The third-order valence-corrected chi connectivity index (χ3v) is 4.79. The number of nitro benzene ring substituents is 2. The molecule has 0 unspecified atom stereocenters. The van der Waals surface area contributed by atoms with Gasteiger partial charge < -0.3 is 26.2 Å². The Morgan fingerprint density at radius 1 is 1.00 bits per heavy atom. The number of benzene rings is 2. The molecule has 0 aliphatic carbocycles. The van der Waals surface area contributed by atoms with Crippen molar-refractivity contribution in [2.24, 2.45) is 0 Å². The number of hydrogen-bond donors (Lipinski definition) is 4. The van der Waals surface area contributed by atoms with E-state index in [1.165, 1.54) is 10.6 Å². The minimum Gasteiger partial charge on any atom is -0.473 e. The number of anilines is 5. The molecule has 0 radical (unpaired) electrons. The number of nitrogen functional groups attached to an aromatic ring is 1. The van der Waals surface area contributed by atoms with Crippen LogP contribution in [0.3, 0.4) is 0 Å². The lowest BCUT2D eigenvalue weighted by molar-refractivity contribution is -0.393. The standard InChI is InChI=1S/C21H19N7O6/c22-13-4-6-14(7-5-13)23-15-11-16(19(28(32)33)12-18(15)27(30)31)24-20-17-3-1-2-8-26(17)25-21(20)34-10-9-29/h1-8,11-12,23-24,29H,9-10,22H2. The zero-order chi connectivity index (χ0) is 24.2. The van der Waals surface area contributed by atoms with Crippen LogP contribution in [-0.4, -0.2) is 37.8 Å². The van der Waals surface area contributed by atoms with Gasteiger partial charge in [0, 0.05) is 17.6 Å². The van der Waals surface area contributed by atoms with Gasteiger partial charge in [-0.2, -0.15) is 0 Å². The Bertz CT molecular complexity index is 1370. The number of aliphatic hydroxyl groups excluding tert-OH is 1. The fourth-order valence-electron chi connectivity index (χ4n) is 3.27. The number of nitrogens with two attached hydrogens (primary N) is 1. The van der Waals surface area contributed by atoms with Gasteiger partial charge in [-0.3, -0.25) is 20.2 Å². The number of pyridine rings is 1. The number of nitrogens with zero attached hydrogens (tertiary/aromatic N) is 4. The Kier molecular flexibility index (Phi) is 6.09. The van der Waals surface area contributed by atoms with Crippen molar-refractivity contribution in [2.45, 2.75) is 0 Å². The zero-order valence-electron chi connectivity index (χ0n) is 17.5. The van der Waals surface area contributed by atoms with Crippen LogP contribution < -0.4 is 21.1 Å². The highest BCUT2D eigenvalue weighted by Gasteiger charge is 2.27. The first-order valence-corrected chi connectivity index (χ1v) is 9.95. The predicted molar refractivity (Wildman–Crippen MR) is 125 cm³/mol. The maximum Gasteiger partial charge on any atom is 0.299 e. The number of fused-ring (bicyclic) bond motifs is 1. The summed E-state index contributed by atoms with van der Waals surface area (Å²) in [5.74, 6) is 0.0981. The Morgan fingerprint density at radius 3 is 2.32 bits per heavy atom. The lowest BCUT2D eigenvalue weighted by Gasteiger charge is -2.12. The normalized spacial score (nSPS) is 10.7. The molecule has 4 rings (SSSR count). The average molecular weight is 465 g/mol. The lowest BCUT2D eigenvalue weighted by Crippen LogP contribution is -2.05. The number of aliphatic hydroxyl groups is 1. The van der Waals surface area contributed by atoms with E-state index in [-0.39, 0.29) is 30.5 Å². The molecular weight excluding hydrogens is 446 g/mol. The average Bonchev–Trinajstić information content (AvgIpc) is 3.16. The van der Waals surface area contributed by atoms with E-state index in [0.717, 1.165) is 6.07 Å². The van der Waals surface area contributed by atoms with E-state index in [9.17, 15) is 20.2 Å². The molecule has 13 heteroatoms. The smallest absolute Gasteiger partial charge is 0.299 e. The van der Waals surface area contributed by atoms with Crippen LogP contribution in [0, 0.1) is 20.2 Å². The van der Waals surface area contributed by atoms with Gasteiger partial charge in [-0.1, -0.05) is 6.07 Å². The summed E-state index contributed by atoms with van der Waals surface area (Å²) in [4.78, 5) is 22.0. The van der Waals surface area contributed by atoms with Crippen molar-refractivity contribution in [1.82, 2.24) is 9.61 Å². The summed E-state index contributed by atoms with van der Waals surface area (Å²) in [7, 11) is 0. The highest BCUT2D eigenvalue weighted by molar-refractivity contribution is 5.88. The second-order valence-electron chi connectivity index (χ2n) is 7.06. The molecule has 4 aromatic rings. The molecule has 0 saturated carbocycles. The van der Waals surface area contributed by atoms with Crippen LogP contribution in [0.4, 0.5) is 39.8 Å². The van der Waals surface area contributed by atoms with Crippen molar-refractivity contribution in [2.75, 3.05) is 29.6 Å². The molecule has 0 spiro atoms. The molecule has 0 fully saturated rings. The van der Waals surface area contributed by atoms with Gasteiger partial charge in [0.1, 0.15) is 23.7 Å². The summed E-state index contributed by atoms with van der Waals surface area (Å²) in [6.07, 6.45) is 1.66. The summed E-state index contributed by atoms with van der Waals surface area (Å²) in [5.41, 5.74) is 6.53. The monoisotopic (exact) mass is 465 g/mol. The first kappa shape index (κ1) is 22.3. The summed E-state index contributed by atoms with van der Waals surface area (Å²) < 4.78 is 6.99. The molecule has 0 amide bonds. The summed E-state index contributed by atoms with van der Waals surface area (Å²) in [6.45, 7) is -0.314. The Morgan fingerprint density at radius 2 is 1.68 bits per heavy atom. The van der Waals surface area contributed by atoms with Crippen LogP contribution in [0.15, 0.2) is 60.8 Å². The van der Waals surface area contributed by atoms with E-state index in [1.807, 2.05) is 0 Å². The molecule has 2 heterocycles. The first-order chi connectivity index (χ1) is 16.4. The summed E-state index contributed by atoms with van der Waals surface area (Å²) in [6, 6.07) is 13.8. The largest absolute Gasteiger partial charge is 0.473 e. The van der Waals surface area contributed by atoms with Crippen molar-refractivity contribution < 1.29 is 19.7 Å². The van der Waals surface area contributed by atoms with Gasteiger partial charge in [-0.05, 0) is 42.5 Å². The molecule has 0 atom stereocenters. The molecule has 5 N–H and O–H groups in total. The number of ether oxygens (including phenoxy) is 1. The maximum absolute atomic E-state index is 11.8. The molecular formula is C21H19N7O6. The van der Waals surface area contributed by atoms with Crippen LogP contribution in [0.25, 0.3) is 5.52 Å². The molecule has 0 saturated heterocycles. The van der Waals surface area contributed by atoms with Gasteiger partial charge >= 0.3 is 0 Å². The van der Waals surface area contributed by atoms with Gasteiger partial charge in [0.2, 0.25) is 0 Å². The summed E-state index contributed by atoms with van der Waals surface area (Å²) >= 11 is 0. The molecule has 0 bridgehead atoms. The predicted octanol–water partition coefficient (Wildman–Crippen LogP) is 3.59. The molecule has 2 aromatic carbocycles. The van der Waals surface area contributed by atoms with E-state index in [2.05, 4.69) is 15.7 Å². The van der Waals surface area contributed by atoms with Gasteiger partial charge in [-0.25, -0.2) is 4.52 Å². The van der Waals surface area contributed by atoms with Crippen LogP contribution in [0.1, 0.15) is 0 Å². The zero-order valence-corrected chi connectivity index (χ0v) is 17.5. The number of nitro groups is 2. The number of nitrogens with one attached hydrogen (secondary N) is 2. The van der Waals surface area contributed by atoms with Crippen molar-refractivity contribution >= 4 is 45.3 Å². The van der Waals surface area contributed by atoms with Crippen molar-refractivity contribution in [3.05, 3.63) is 81.0 Å². The highest BCUT2D eigenvalue weighted by Crippen LogP contribution is 2.41. The SMILES string of the molecule is Nc1ccc(Nc2cc(Nc3c(OCCO)nn4ccccc34)c([N+](=O)[O-])cc2[N+](=O)[O-])cc1. The first-order valence-electron chi connectivity index (χ1n) is 9.95. The third-order valence-electron chi connectivity index (χ3n) is 4.79.